The summed E-state index contributed by atoms with van der Waals surface area (Å²) in [5, 5.41) is 21.4. The standard InChI is InChI=1S/C26H28N4O3/c1-16-4-9-20(10-5-16)28-26-22-14-17(2)6-13-24(22)29-25(23(26)15-27-18(3)31)19-7-11-21(12-8-19)30(32)33/h4-14,23,25-26,28-29H,15H2,1-3H3,(H,27,31)/t23-,25+,26+/m0/s1. The molecule has 1 aliphatic rings. The number of non-ortho nitro benzene ring substituents is 1. The Bertz CT molecular complexity index is 1160. The van der Waals surface area contributed by atoms with Crippen LogP contribution in [0.5, 0.6) is 0 Å². The highest BCUT2D eigenvalue weighted by atomic mass is 16.6. The number of hydrogen-bond donors (Lipinski definition) is 3. The maximum Gasteiger partial charge on any atom is 0.269 e. The second-order valence-corrected chi connectivity index (χ2v) is 8.65. The molecule has 1 aliphatic heterocycles. The molecule has 3 atom stereocenters. The van der Waals surface area contributed by atoms with Crippen LogP contribution in [0, 0.1) is 29.9 Å². The molecule has 0 radical (unpaired) electrons. The fourth-order valence-corrected chi connectivity index (χ4v) is 4.41. The zero-order valence-corrected chi connectivity index (χ0v) is 19.0. The summed E-state index contributed by atoms with van der Waals surface area (Å²) in [7, 11) is 0. The third-order valence-corrected chi connectivity index (χ3v) is 6.13. The van der Waals surface area contributed by atoms with Gasteiger partial charge in [0.15, 0.2) is 0 Å². The molecule has 7 heteroatoms. The number of nitro benzene ring substituents is 1. The molecule has 4 rings (SSSR count). The lowest BCUT2D eigenvalue weighted by Crippen LogP contribution is -2.42. The zero-order valence-electron chi connectivity index (χ0n) is 19.0. The zero-order chi connectivity index (χ0) is 23.5. The van der Waals surface area contributed by atoms with Crippen molar-refractivity contribution in [1.29, 1.82) is 0 Å². The number of benzene rings is 3. The van der Waals surface area contributed by atoms with Crippen molar-refractivity contribution in [2.75, 3.05) is 17.2 Å². The van der Waals surface area contributed by atoms with Gasteiger partial charge in [0.2, 0.25) is 5.91 Å². The second kappa shape index (κ2) is 9.32. The van der Waals surface area contributed by atoms with Gasteiger partial charge in [0.25, 0.3) is 5.69 Å². The minimum atomic E-state index is -0.396. The van der Waals surface area contributed by atoms with Crippen molar-refractivity contribution in [3.8, 4) is 0 Å². The molecule has 33 heavy (non-hydrogen) atoms. The molecule has 7 nitrogen and oxygen atoms in total. The van der Waals surface area contributed by atoms with Gasteiger partial charge in [-0.25, -0.2) is 0 Å². The van der Waals surface area contributed by atoms with Crippen LogP contribution in [-0.2, 0) is 4.79 Å². The number of carbonyl (C=O) groups is 1. The van der Waals surface area contributed by atoms with E-state index >= 15 is 0 Å². The molecule has 3 N–H and O–H groups in total. The largest absolute Gasteiger partial charge is 0.378 e. The number of rotatable bonds is 6. The first-order valence-corrected chi connectivity index (χ1v) is 11.0. The minimum Gasteiger partial charge on any atom is -0.378 e. The molecule has 170 valence electrons. The lowest BCUT2D eigenvalue weighted by molar-refractivity contribution is -0.384. The topological polar surface area (TPSA) is 96.3 Å². The smallest absolute Gasteiger partial charge is 0.269 e. The van der Waals surface area contributed by atoms with Crippen molar-refractivity contribution < 1.29 is 9.72 Å². The van der Waals surface area contributed by atoms with Crippen LogP contribution in [0.25, 0.3) is 0 Å². The minimum absolute atomic E-state index is 0.0500. The summed E-state index contributed by atoms with van der Waals surface area (Å²) in [6, 6.07) is 20.9. The lowest BCUT2D eigenvalue weighted by Gasteiger charge is -2.42. The van der Waals surface area contributed by atoms with Crippen LogP contribution in [-0.4, -0.2) is 17.4 Å². The molecule has 0 saturated heterocycles. The summed E-state index contributed by atoms with van der Waals surface area (Å²) in [5.74, 6) is -0.146. The summed E-state index contributed by atoms with van der Waals surface area (Å²) in [6.07, 6.45) is 0. The predicted octanol–water partition coefficient (Wildman–Crippen LogP) is 5.28. The summed E-state index contributed by atoms with van der Waals surface area (Å²) in [4.78, 5) is 22.6. The third kappa shape index (κ3) is 4.98. The number of amides is 1. The van der Waals surface area contributed by atoms with E-state index in [2.05, 4.69) is 72.3 Å². The van der Waals surface area contributed by atoms with E-state index in [1.807, 2.05) is 0 Å². The molecule has 0 spiro atoms. The molecule has 0 unspecified atom stereocenters. The van der Waals surface area contributed by atoms with Gasteiger partial charge in [-0.3, -0.25) is 14.9 Å². The monoisotopic (exact) mass is 444 g/mol. The number of hydrogen-bond acceptors (Lipinski definition) is 5. The van der Waals surface area contributed by atoms with Crippen LogP contribution in [0.2, 0.25) is 0 Å². The number of carbonyl (C=O) groups excluding carboxylic acids is 1. The SMILES string of the molecule is CC(=O)NC[C@H]1[C@@H](c2ccc([N+](=O)[O-])cc2)Nc2ccc(C)cc2[C@H]1Nc1ccc(C)cc1. The van der Waals surface area contributed by atoms with E-state index in [1.165, 1.54) is 24.6 Å². The maximum atomic E-state index is 11.8. The van der Waals surface area contributed by atoms with Gasteiger partial charge in [-0.2, -0.15) is 0 Å². The Morgan fingerprint density at radius 1 is 1.00 bits per heavy atom. The number of anilines is 2. The van der Waals surface area contributed by atoms with Gasteiger partial charge in [-0.05, 0) is 43.2 Å². The predicted molar refractivity (Wildman–Crippen MR) is 130 cm³/mol. The first kappa shape index (κ1) is 22.3. The fourth-order valence-electron chi connectivity index (χ4n) is 4.41. The Morgan fingerprint density at radius 2 is 1.67 bits per heavy atom. The van der Waals surface area contributed by atoms with Crippen molar-refractivity contribution in [2.45, 2.75) is 32.9 Å². The molecule has 3 aromatic rings. The Kier molecular flexibility index (Phi) is 6.31. The molecule has 3 aromatic carbocycles. The van der Waals surface area contributed by atoms with Crippen molar-refractivity contribution in [2.24, 2.45) is 5.92 Å². The van der Waals surface area contributed by atoms with Crippen molar-refractivity contribution in [3.63, 3.8) is 0 Å². The molecular formula is C26H28N4O3. The van der Waals surface area contributed by atoms with Gasteiger partial charge in [-0.1, -0.05) is 47.5 Å². The Labute approximate surface area is 193 Å². The summed E-state index contributed by atoms with van der Waals surface area (Å²) in [5.41, 5.74) is 6.45. The Hall–Kier alpha value is -3.87. The second-order valence-electron chi connectivity index (χ2n) is 8.65. The highest BCUT2D eigenvalue weighted by Gasteiger charge is 2.38. The Balaban J connectivity index is 1.78. The first-order valence-electron chi connectivity index (χ1n) is 11.0. The molecule has 0 saturated carbocycles. The highest BCUT2D eigenvalue weighted by molar-refractivity contribution is 5.73. The Morgan fingerprint density at radius 3 is 2.30 bits per heavy atom. The molecule has 0 aromatic heterocycles. The molecule has 0 aliphatic carbocycles. The number of fused-ring (bicyclic) bond motifs is 1. The maximum absolute atomic E-state index is 11.8. The van der Waals surface area contributed by atoms with Gasteiger partial charge in [-0.15, -0.1) is 0 Å². The van der Waals surface area contributed by atoms with Crippen molar-refractivity contribution >= 4 is 23.0 Å². The van der Waals surface area contributed by atoms with E-state index in [4.69, 9.17) is 0 Å². The van der Waals surface area contributed by atoms with E-state index in [0.717, 1.165) is 28.1 Å². The molecule has 0 bridgehead atoms. The quantitative estimate of drug-likeness (QED) is 0.355. The van der Waals surface area contributed by atoms with Gasteiger partial charge < -0.3 is 16.0 Å². The summed E-state index contributed by atoms with van der Waals surface area (Å²) in [6.45, 7) is 6.07. The van der Waals surface area contributed by atoms with Crippen LogP contribution in [0.3, 0.4) is 0 Å². The van der Waals surface area contributed by atoms with E-state index in [1.54, 1.807) is 12.1 Å². The van der Waals surface area contributed by atoms with Gasteiger partial charge in [0.05, 0.1) is 17.0 Å². The third-order valence-electron chi connectivity index (χ3n) is 6.13. The molecule has 1 heterocycles. The number of nitrogens with zero attached hydrogens (tertiary/aromatic N) is 1. The molecule has 1 amide bonds. The van der Waals surface area contributed by atoms with E-state index in [9.17, 15) is 14.9 Å². The molecular weight excluding hydrogens is 416 g/mol. The van der Waals surface area contributed by atoms with Crippen molar-refractivity contribution in [3.05, 3.63) is 99.1 Å². The van der Waals surface area contributed by atoms with Crippen LogP contribution < -0.4 is 16.0 Å². The van der Waals surface area contributed by atoms with Crippen LogP contribution >= 0.6 is 0 Å². The van der Waals surface area contributed by atoms with Gasteiger partial charge >= 0.3 is 0 Å². The average Bonchev–Trinajstić information content (AvgIpc) is 2.79. The van der Waals surface area contributed by atoms with E-state index in [0.29, 0.717) is 6.54 Å². The average molecular weight is 445 g/mol. The van der Waals surface area contributed by atoms with E-state index < -0.39 is 4.92 Å². The highest BCUT2D eigenvalue weighted by Crippen LogP contribution is 2.45. The lowest BCUT2D eigenvalue weighted by atomic mass is 9.78. The number of aryl methyl sites for hydroxylation is 2. The summed E-state index contributed by atoms with van der Waals surface area (Å²) < 4.78 is 0. The number of nitro groups is 1. The number of nitrogens with one attached hydrogen (secondary N) is 3. The van der Waals surface area contributed by atoms with Crippen LogP contribution in [0.1, 0.15) is 41.3 Å². The van der Waals surface area contributed by atoms with Crippen LogP contribution in [0.15, 0.2) is 66.7 Å². The normalized spacial score (nSPS) is 19.2. The summed E-state index contributed by atoms with van der Waals surface area (Å²) >= 11 is 0. The van der Waals surface area contributed by atoms with E-state index in [-0.39, 0.29) is 29.6 Å². The van der Waals surface area contributed by atoms with Crippen LogP contribution in [0.4, 0.5) is 17.1 Å². The fraction of sp³-hybridized carbons (Fsp3) is 0.269. The first-order chi connectivity index (χ1) is 15.8. The van der Waals surface area contributed by atoms with Gasteiger partial charge in [0, 0.05) is 42.9 Å². The van der Waals surface area contributed by atoms with Crippen molar-refractivity contribution in [1.82, 2.24) is 5.32 Å². The molecule has 0 fully saturated rings. The van der Waals surface area contributed by atoms with Gasteiger partial charge in [0.1, 0.15) is 0 Å².